The molecular formula is C21H11F3N2O2S2. The monoisotopic (exact) mass is 444 g/mol. The maximum Gasteiger partial charge on any atom is 0.416 e. The number of halogens is 3. The number of nitrogens with zero attached hydrogens (tertiary/aromatic N) is 2. The lowest BCUT2D eigenvalue weighted by Crippen LogP contribution is -2.41. The van der Waals surface area contributed by atoms with Crippen LogP contribution in [0.2, 0.25) is 0 Å². The van der Waals surface area contributed by atoms with Gasteiger partial charge in [-0.3, -0.25) is 9.59 Å². The number of hydrogen-bond acceptors (Lipinski definition) is 5. The van der Waals surface area contributed by atoms with Gasteiger partial charge < -0.3 is 0 Å². The molecule has 3 aromatic heterocycles. The number of hydrogen-bond donors (Lipinski definition) is 0. The van der Waals surface area contributed by atoms with Gasteiger partial charge in [-0.2, -0.15) is 13.2 Å². The number of alkyl halides is 3. The number of carbonyl (C=O) groups is 2. The molecule has 150 valence electrons. The summed E-state index contributed by atoms with van der Waals surface area (Å²) >= 11 is 2.70. The third-order valence-corrected chi connectivity index (χ3v) is 6.86. The number of aromatic nitrogens is 1. The van der Waals surface area contributed by atoms with Gasteiger partial charge in [0.05, 0.1) is 33.1 Å². The van der Waals surface area contributed by atoms with E-state index in [4.69, 9.17) is 0 Å². The molecule has 1 aliphatic rings. The molecule has 0 bridgehead atoms. The van der Waals surface area contributed by atoms with Crippen LogP contribution in [0, 0.1) is 0 Å². The van der Waals surface area contributed by atoms with Gasteiger partial charge >= 0.3 is 6.18 Å². The summed E-state index contributed by atoms with van der Waals surface area (Å²) in [7, 11) is 0. The zero-order chi connectivity index (χ0) is 21.0. The van der Waals surface area contributed by atoms with Crippen molar-refractivity contribution in [3.8, 4) is 10.6 Å². The van der Waals surface area contributed by atoms with Gasteiger partial charge in [-0.25, -0.2) is 9.88 Å². The minimum atomic E-state index is -4.57. The quantitative estimate of drug-likeness (QED) is 0.369. The molecule has 4 heterocycles. The number of rotatable bonds is 2. The van der Waals surface area contributed by atoms with Crippen molar-refractivity contribution in [1.29, 1.82) is 0 Å². The van der Waals surface area contributed by atoms with E-state index >= 15 is 0 Å². The smallest absolute Gasteiger partial charge is 0.274 e. The van der Waals surface area contributed by atoms with Gasteiger partial charge in [0.15, 0.2) is 0 Å². The van der Waals surface area contributed by atoms with Crippen molar-refractivity contribution in [2.75, 3.05) is 4.90 Å². The highest BCUT2D eigenvalue weighted by Crippen LogP contribution is 2.39. The number of thiophene rings is 2. The van der Waals surface area contributed by atoms with Crippen molar-refractivity contribution in [1.82, 2.24) is 4.98 Å². The van der Waals surface area contributed by atoms with Crippen molar-refractivity contribution >= 4 is 50.4 Å². The van der Waals surface area contributed by atoms with Crippen LogP contribution in [0.1, 0.15) is 20.8 Å². The third-order valence-electron chi connectivity index (χ3n) is 4.84. The molecular weight excluding hydrogens is 433 g/mol. The Bertz CT molecular complexity index is 1310. The Hall–Kier alpha value is -3.04. The van der Waals surface area contributed by atoms with E-state index in [-0.39, 0.29) is 12.1 Å². The van der Waals surface area contributed by atoms with E-state index in [1.165, 1.54) is 12.1 Å². The number of pyridine rings is 1. The van der Waals surface area contributed by atoms with Crippen molar-refractivity contribution in [3.63, 3.8) is 0 Å². The Morgan fingerprint density at radius 2 is 1.87 bits per heavy atom. The summed E-state index contributed by atoms with van der Waals surface area (Å²) in [5.74, 6) is -1.19. The van der Waals surface area contributed by atoms with Gasteiger partial charge in [-0.15, -0.1) is 22.7 Å². The minimum absolute atomic E-state index is 0.0721. The Morgan fingerprint density at radius 1 is 1.03 bits per heavy atom. The molecule has 5 rings (SSSR count). The Balaban J connectivity index is 1.59. The number of carbonyl (C=O) groups excluding carboxylic acids is 2. The lowest BCUT2D eigenvalue weighted by molar-refractivity contribution is -0.137. The zero-order valence-electron chi connectivity index (χ0n) is 15.1. The average molecular weight is 444 g/mol. The van der Waals surface area contributed by atoms with E-state index < -0.39 is 23.6 Å². The molecule has 0 fully saturated rings. The normalized spacial score (nSPS) is 14.4. The van der Waals surface area contributed by atoms with Gasteiger partial charge in [-0.1, -0.05) is 12.1 Å². The molecule has 0 saturated carbocycles. The second kappa shape index (κ2) is 6.75. The summed E-state index contributed by atoms with van der Waals surface area (Å²) in [5.41, 5.74) is 0.350. The van der Waals surface area contributed by atoms with E-state index in [9.17, 15) is 22.8 Å². The molecule has 1 aromatic carbocycles. The number of fused-ring (bicyclic) bond motifs is 3. The van der Waals surface area contributed by atoms with Crippen molar-refractivity contribution in [2.24, 2.45) is 0 Å². The lowest BCUT2D eigenvalue weighted by atomic mass is 10.0. The largest absolute Gasteiger partial charge is 0.416 e. The van der Waals surface area contributed by atoms with Crippen LogP contribution in [0.15, 0.2) is 53.9 Å². The maximum absolute atomic E-state index is 13.1. The fourth-order valence-electron chi connectivity index (χ4n) is 3.47. The maximum atomic E-state index is 13.1. The first-order valence-electron chi connectivity index (χ1n) is 8.84. The highest BCUT2D eigenvalue weighted by Gasteiger charge is 2.37. The minimum Gasteiger partial charge on any atom is -0.274 e. The molecule has 0 saturated heterocycles. The van der Waals surface area contributed by atoms with Crippen molar-refractivity contribution in [2.45, 2.75) is 12.6 Å². The summed E-state index contributed by atoms with van der Waals surface area (Å²) in [5, 5.41) is 2.66. The number of anilines is 1. The van der Waals surface area contributed by atoms with Crippen molar-refractivity contribution in [3.05, 3.63) is 69.9 Å². The molecule has 0 atom stereocenters. The highest BCUT2D eigenvalue weighted by atomic mass is 32.1. The molecule has 1 aliphatic heterocycles. The van der Waals surface area contributed by atoms with E-state index in [1.54, 1.807) is 11.3 Å². The topological polar surface area (TPSA) is 50.3 Å². The number of imide groups is 1. The van der Waals surface area contributed by atoms with E-state index in [0.717, 1.165) is 44.3 Å². The molecule has 30 heavy (non-hydrogen) atoms. The highest BCUT2D eigenvalue weighted by molar-refractivity contribution is 7.21. The molecule has 4 nitrogen and oxygen atoms in total. The first-order valence-corrected chi connectivity index (χ1v) is 10.5. The van der Waals surface area contributed by atoms with Gasteiger partial charge in [0.1, 0.15) is 4.83 Å². The van der Waals surface area contributed by atoms with Crippen LogP contribution in [-0.2, 0) is 17.4 Å². The van der Waals surface area contributed by atoms with Crippen LogP contribution >= 0.6 is 22.7 Å². The molecule has 2 amide bonds. The van der Waals surface area contributed by atoms with Gasteiger partial charge in [-0.05, 0) is 47.3 Å². The SMILES string of the molecule is O=C1Cc2c(sc3nc(-c4cccs4)ccc23)C(=O)N1c1cccc(C(F)(F)F)c1. The Kier molecular flexibility index (Phi) is 4.26. The van der Waals surface area contributed by atoms with Crippen LogP contribution < -0.4 is 4.90 Å². The number of amides is 2. The fraction of sp³-hybridized carbons (Fsp3) is 0.0952. The lowest BCUT2D eigenvalue weighted by Gasteiger charge is -2.25. The van der Waals surface area contributed by atoms with Gasteiger partial charge in [0.25, 0.3) is 5.91 Å². The summed E-state index contributed by atoms with van der Waals surface area (Å²) in [6.45, 7) is 0. The van der Waals surface area contributed by atoms with E-state index in [0.29, 0.717) is 15.3 Å². The molecule has 4 aromatic rings. The van der Waals surface area contributed by atoms with E-state index in [1.807, 2.05) is 29.6 Å². The molecule has 0 spiro atoms. The summed E-state index contributed by atoms with van der Waals surface area (Å²) in [4.78, 5) is 33.2. The summed E-state index contributed by atoms with van der Waals surface area (Å²) in [6, 6.07) is 11.8. The molecule has 0 unspecified atom stereocenters. The Labute approximate surface area is 176 Å². The predicted molar refractivity (Wildman–Crippen MR) is 110 cm³/mol. The second-order valence-corrected chi connectivity index (χ2v) is 8.64. The fourth-order valence-corrected chi connectivity index (χ4v) is 5.28. The zero-order valence-corrected chi connectivity index (χ0v) is 16.7. The first kappa shape index (κ1) is 19.0. The third kappa shape index (κ3) is 3.01. The van der Waals surface area contributed by atoms with Crippen molar-refractivity contribution < 1.29 is 22.8 Å². The summed E-state index contributed by atoms with van der Waals surface area (Å²) < 4.78 is 39.2. The molecule has 9 heteroatoms. The van der Waals surface area contributed by atoms with Gasteiger partial charge in [0, 0.05) is 5.39 Å². The summed E-state index contributed by atoms with van der Waals surface area (Å²) in [6.07, 6.45) is -4.64. The van der Waals surface area contributed by atoms with Crippen LogP contribution in [0.25, 0.3) is 20.8 Å². The van der Waals surface area contributed by atoms with Crippen LogP contribution in [0.4, 0.5) is 18.9 Å². The molecule has 0 N–H and O–H groups in total. The molecule has 0 aliphatic carbocycles. The van der Waals surface area contributed by atoms with E-state index in [2.05, 4.69) is 4.98 Å². The predicted octanol–water partition coefficient (Wildman–Crippen LogP) is 5.77. The molecule has 0 radical (unpaired) electrons. The van der Waals surface area contributed by atoms with Crippen LogP contribution in [-0.4, -0.2) is 16.8 Å². The number of benzene rings is 1. The Morgan fingerprint density at radius 3 is 2.60 bits per heavy atom. The standard InChI is InChI=1S/C21H11F3N2O2S2/c22-21(23,24)11-3-1-4-12(9-11)26-17(27)10-14-13-6-7-15(16-5-2-8-29-16)25-19(13)30-18(14)20(26)28/h1-9H,10H2. The van der Waals surface area contributed by atoms with Gasteiger partial charge in [0.2, 0.25) is 5.91 Å². The second-order valence-electron chi connectivity index (χ2n) is 6.70. The van der Waals surface area contributed by atoms with Crippen LogP contribution in [0.3, 0.4) is 0 Å². The first-order chi connectivity index (χ1) is 14.3. The average Bonchev–Trinajstić information content (AvgIpc) is 3.35. The van der Waals surface area contributed by atoms with Crippen LogP contribution in [0.5, 0.6) is 0 Å².